The first-order valence-electron chi connectivity index (χ1n) is 5.65. The van der Waals surface area contributed by atoms with Crippen molar-refractivity contribution in [3.05, 3.63) is 22.7 Å². The van der Waals surface area contributed by atoms with Crippen LogP contribution in [0.3, 0.4) is 0 Å². The van der Waals surface area contributed by atoms with Crippen LogP contribution in [0.25, 0.3) is 0 Å². The Labute approximate surface area is 121 Å². The van der Waals surface area contributed by atoms with E-state index >= 15 is 0 Å². The van der Waals surface area contributed by atoms with Crippen molar-refractivity contribution in [2.45, 2.75) is 24.7 Å². The molecule has 0 amide bonds. The Kier molecular flexibility index (Phi) is 5.96. The quantitative estimate of drug-likeness (QED) is 0.706. The second kappa shape index (κ2) is 7.02. The Morgan fingerprint density at radius 3 is 2.63 bits per heavy atom. The van der Waals surface area contributed by atoms with Gasteiger partial charge in [-0.25, -0.2) is 0 Å². The van der Waals surface area contributed by atoms with Gasteiger partial charge >= 0.3 is 10.1 Å². The lowest BCUT2D eigenvalue weighted by Gasteiger charge is -2.09. The highest BCUT2D eigenvalue weighted by Gasteiger charge is 2.22. The Morgan fingerprint density at radius 2 is 2.05 bits per heavy atom. The molecule has 0 saturated heterocycles. The molecule has 0 heterocycles. The average molecular weight is 351 g/mol. The summed E-state index contributed by atoms with van der Waals surface area (Å²) in [5, 5.41) is 0. The van der Waals surface area contributed by atoms with Crippen molar-refractivity contribution in [3.8, 4) is 5.75 Å². The third-order valence-electron chi connectivity index (χ3n) is 2.30. The standard InChI is InChI=1S/C12H15BrO5S/c1-3-4-10(14)8-18-19(15,16)12-7-9(13)5-6-11(12)17-2/h5-7H,3-4,8H2,1-2H3. The summed E-state index contributed by atoms with van der Waals surface area (Å²) in [7, 11) is -2.65. The van der Waals surface area contributed by atoms with Crippen LogP contribution in [0, 0.1) is 0 Å². The minimum Gasteiger partial charge on any atom is -0.495 e. The summed E-state index contributed by atoms with van der Waals surface area (Å²) in [6, 6.07) is 4.53. The number of halogens is 1. The van der Waals surface area contributed by atoms with Crippen molar-refractivity contribution >= 4 is 31.8 Å². The molecule has 0 aliphatic carbocycles. The minimum atomic E-state index is -4.01. The van der Waals surface area contributed by atoms with Crippen LogP contribution in [0.2, 0.25) is 0 Å². The fourth-order valence-electron chi connectivity index (χ4n) is 1.40. The highest BCUT2D eigenvalue weighted by molar-refractivity contribution is 9.10. The van der Waals surface area contributed by atoms with Gasteiger partial charge < -0.3 is 4.74 Å². The van der Waals surface area contributed by atoms with Crippen LogP contribution in [0.15, 0.2) is 27.6 Å². The molecular weight excluding hydrogens is 336 g/mol. The van der Waals surface area contributed by atoms with E-state index in [0.29, 0.717) is 17.3 Å². The zero-order valence-electron chi connectivity index (χ0n) is 10.7. The highest BCUT2D eigenvalue weighted by Crippen LogP contribution is 2.28. The fraction of sp³-hybridized carbons (Fsp3) is 0.417. The summed E-state index contributed by atoms with van der Waals surface area (Å²) < 4.78 is 34.3. The van der Waals surface area contributed by atoms with E-state index in [1.165, 1.54) is 19.2 Å². The summed E-state index contributed by atoms with van der Waals surface area (Å²) in [6.07, 6.45) is 0.952. The molecule has 106 valence electrons. The normalized spacial score (nSPS) is 11.3. The molecule has 0 N–H and O–H groups in total. The van der Waals surface area contributed by atoms with Gasteiger partial charge in [-0.1, -0.05) is 22.9 Å². The third kappa shape index (κ3) is 4.59. The van der Waals surface area contributed by atoms with E-state index in [1.807, 2.05) is 6.92 Å². The molecule has 1 aromatic rings. The number of carbonyl (C=O) groups excluding carboxylic acids is 1. The van der Waals surface area contributed by atoms with E-state index in [1.54, 1.807) is 6.07 Å². The Bertz CT molecular complexity index is 553. The lowest BCUT2D eigenvalue weighted by atomic mass is 10.2. The van der Waals surface area contributed by atoms with Crippen molar-refractivity contribution < 1.29 is 22.1 Å². The molecule has 0 unspecified atom stereocenters. The van der Waals surface area contributed by atoms with E-state index in [2.05, 4.69) is 15.9 Å². The van der Waals surface area contributed by atoms with Gasteiger partial charge in [-0.2, -0.15) is 8.42 Å². The fourth-order valence-corrected chi connectivity index (χ4v) is 3.00. The van der Waals surface area contributed by atoms with Crippen molar-refractivity contribution in [1.82, 2.24) is 0 Å². The SMILES string of the molecule is CCCC(=O)COS(=O)(=O)c1cc(Br)ccc1OC. The van der Waals surface area contributed by atoms with Crippen molar-refractivity contribution in [2.75, 3.05) is 13.7 Å². The zero-order chi connectivity index (χ0) is 14.5. The maximum atomic E-state index is 12.0. The van der Waals surface area contributed by atoms with Crippen molar-refractivity contribution in [3.63, 3.8) is 0 Å². The molecule has 0 spiro atoms. The molecular formula is C12H15BrO5S. The first-order chi connectivity index (χ1) is 8.90. The predicted octanol–water partition coefficient (Wildman–Crippen LogP) is 2.53. The number of ketones is 1. The van der Waals surface area contributed by atoms with Gasteiger partial charge in [0.2, 0.25) is 0 Å². The molecule has 19 heavy (non-hydrogen) atoms. The summed E-state index contributed by atoms with van der Waals surface area (Å²) in [4.78, 5) is 11.2. The molecule has 5 nitrogen and oxygen atoms in total. The molecule has 0 atom stereocenters. The maximum Gasteiger partial charge on any atom is 0.301 e. The Morgan fingerprint density at radius 1 is 1.37 bits per heavy atom. The number of ether oxygens (including phenoxy) is 1. The molecule has 0 fully saturated rings. The molecule has 0 saturated carbocycles. The average Bonchev–Trinajstić information content (AvgIpc) is 2.37. The number of Topliss-reactive ketones (excluding diaryl/α,β-unsaturated/α-hetero) is 1. The summed E-state index contributed by atoms with van der Waals surface area (Å²) in [5.41, 5.74) is 0. The van der Waals surface area contributed by atoms with Gasteiger partial charge in [-0.15, -0.1) is 0 Å². The zero-order valence-corrected chi connectivity index (χ0v) is 13.1. The van der Waals surface area contributed by atoms with Gasteiger partial charge in [0.05, 0.1) is 7.11 Å². The van der Waals surface area contributed by atoms with Gasteiger partial charge in [0.25, 0.3) is 0 Å². The van der Waals surface area contributed by atoms with Crippen LogP contribution < -0.4 is 4.74 Å². The van der Waals surface area contributed by atoms with Crippen LogP contribution >= 0.6 is 15.9 Å². The van der Waals surface area contributed by atoms with E-state index in [0.717, 1.165) is 0 Å². The van der Waals surface area contributed by atoms with Crippen molar-refractivity contribution in [1.29, 1.82) is 0 Å². The first-order valence-corrected chi connectivity index (χ1v) is 7.85. The second-order valence-corrected chi connectivity index (χ2v) is 6.30. The molecule has 0 bridgehead atoms. The summed E-state index contributed by atoms with van der Waals surface area (Å²) in [6.45, 7) is 1.38. The second-order valence-electron chi connectivity index (χ2n) is 3.80. The topological polar surface area (TPSA) is 69.7 Å². The number of rotatable bonds is 7. The van der Waals surface area contributed by atoms with Gasteiger partial charge in [0.1, 0.15) is 17.3 Å². The van der Waals surface area contributed by atoms with E-state index in [-0.39, 0.29) is 16.4 Å². The highest BCUT2D eigenvalue weighted by atomic mass is 79.9. The lowest BCUT2D eigenvalue weighted by molar-refractivity contribution is -0.121. The molecule has 0 aliphatic heterocycles. The van der Waals surface area contributed by atoms with Crippen LogP contribution in [-0.4, -0.2) is 27.9 Å². The monoisotopic (exact) mass is 350 g/mol. The van der Waals surface area contributed by atoms with Gasteiger partial charge in [-0.05, 0) is 24.6 Å². The molecule has 0 aliphatic rings. The number of methoxy groups -OCH3 is 1. The lowest BCUT2D eigenvalue weighted by Crippen LogP contribution is -2.15. The molecule has 1 rings (SSSR count). The molecule has 0 radical (unpaired) electrons. The van der Waals surface area contributed by atoms with Gasteiger partial charge in [0.15, 0.2) is 5.78 Å². The molecule has 7 heteroatoms. The van der Waals surface area contributed by atoms with Crippen LogP contribution in [0.1, 0.15) is 19.8 Å². The number of benzene rings is 1. The predicted molar refractivity (Wildman–Crippen MR) is 73.7 cm³/mol. The first kappa shape index (κ1) is 16.1. The third-order valence-corrected chi connectivity index (χ3v) is 4.08. The van der Waals surface area contributed by atoms with E-state index in [9.17, 15) is 13.2 Å². The van der Waals surface area contributed by atoms with Gasteiger partial charge in [0, 0.05) is 10.9 Å². The summed E-state index contributed by atoms with van der Waals surface area (Å²) in [5.74, 6) is -0.0776. The molecule has 0 aromatic heterocycles. The van der Waals surface area contributed by atoms with Gasteiger partial charge in [-0.3, -0.25) is 8.98 Å². The smallest absolute Gasteiger partial charge is 0.301 e. The Hall–Kier alpha value is -0.920. The van der Waals surface area contributed by atoms with Crippen LogP contribution in [0.4, 0.5) is 0 Å². The molecule has 1 aromatic carbocycles. The van der Waals surface area contributed by atoms with Crippen LogP contribution in [-0.2, 0) is 19.1 Å². The number of hydrogen-bond acceptors (Lipinski definition) is 5. The minimum absolute atomic E-state index is 0.103. The van der Waals surface area contributed by atoms with Crippen LogP contribution in [0.5, 0.6) is 5.75 Å². The summed E-state index contributed by atoms with van der Waals surface area (Å²) >= 11 is 3.18. The maximum absolute atomic E-state index is 12.0. The van der Waals surface area contributed by atoms with E-state index in [4.69, 9.17) is 8.92 Å². The van der Waals surface area contributed by atoms with E-state index < -0.39 is 16.7 Å². The van der Waals surface area contributed by atoms with Crippen molar-refractivity contribution in [2.24, 2.45) is 0 Å². The Balaban J connectivity index is 2.94. The number of hydrogen-bond donors (Lipinski definition) is 0. The largest absolute Gasteiger partial charge is 0.495 e. The number of carbonyl (C=O) groups is 1.